The van der Waals surface area contributed by atoms with Gasteiger partial charge in [-0.1, -0.05) is 0 Å². The number of amides is 1. The lowest BCUT2D eigenvalue weighted by molar-refractivity contribution is -0.120. The number of rotatable bonds is 6. The quantitative estimate of drug-likeness (QED) is 0.699. The van der Waals surface area contributed by atoms with Crippen molar-refractivity contribution >= 4 is 21.9 Å². The summed E-state index contributed by atoms with van der Waals surface area (Å²) in [6, 6.07) is 2.21. The third kappa shape index (κ3) is 4.80. The predicted molar refractivity (Wildman–Crippen MR) is 71.8 cm³/mol. The first-order chi connectivity index (χ1) is 9.63. The van der Waals surface area contributed by atoms with Gasteiger partial charge in [-0.2, -0.15) is 0 Å². The average Bonchev–Trinajstić information content (AvgIpc) is 2.35. The topological polar surface area (TPSA) is 113 Å². The minimum atomic E-state index is -4.10. The van der Waals surface area contributed by atoms with E-state index in [1.807, 2.05) is 4.72 Å². The van der Waals surface area contributed by atoms with E-state index in [9.17, 15) is 22.4 Å². The molecule has 7 nitrogen and oxygen atoms in total. The summed E-state index contributed by atoms with van der Waals surface area (Å²) in [5.41, 5.74) is -0.760. The minimum Gasteiger partial charge on any atom is -0.478 e. The zero-order valence-corrected chi connectivity index (χ0v) is 12.2. The number of nitrogens with one attached hydrogen (secondary N) is 2. The summed E-state index contributed by atoms with van der Waals surface area (Å²) in [5, 5.41) is 11.2. The molecule has 0 aliphatic carbocycles. The van der Waals surface area contributed by atoms with Crippen molar-refractivity contribution in [1.29, 1.82) is 0 Å². The van der Waals surface area contributed by atoms with Crippen LogP contribution < -0.4 is 10.0 Å². The van der Waals surface area contributed by atoms with E-state index in [1.165, 1.54) is 0 Å². The lowest BCUT2D eigenvalue weighted by Crippen LogP contribution is -2.39. The first kappa shape index (κ1) is 17.1. The van der Waals surface area contributed by atoms with Gasteiger partial charge < -0.3 is 10.4 Å². The molecule has 9 heteroatoms. The molecule has 0 heterocycles. The summed E-state index contributed by atoms with van der Waals surface area (Å²) in [6.45, 7) is 2.93. The zero-order valence-electron chi connectivity index (χ0n) is 11.4. The second kappa shape index (κ2) is 6.64. The SMILES string of the molecule is CC(C)NC(=O)CNS(=O)(=O)c1ccc(F)c(C(=O)O)c1. The minimum absolute atomic E-state index is 0.147. The van der Waals surface area contributed by atoms with Crippen molar-refractivity contribution in [3.05, 3.63) is 29.6 Å². The molecule has 0 saturated heterocycles. The van der Waals surface area contributed by atoms with Gasteiger partial charge in [0, 0.05) is 6.04 Å². The van der Waals surface area contributed by atoms with Crippen LogP contribution >= 0.6 is 0 Å². The van der Waals surface area contributed by atoms with Gasteiger partial charge >= 0.3 is 5.97 Å². The van der Waals surface area contributed by atoms with Gasteiger partial charge in [0.05, 0.1) is 17.0 Å². The highest BCUT2D eigenvalue weighted by Crippen LogP contribution is 2.15. The molecule has 0 atom stereocenters. The Morgan fingerprint density at radius 1 is 1.33 bits per heavy atom. The summed E-state index contributed by atoms with van der Waals surface area (Å²) in [7, 11) is -4.10. The molecular weight excluding hydrogens is 303 g/mol. The van der Waals surface area contributed by atoms with Gasteiger partial charge in [-0.25, -0.2) is 22.3 Å². The van der Waals surface area contributed by atoms with Gasteiger partial charge in [0.15, 0.2) is 0 Å². The Bertz CT molecular complexity index is 658. The molecule has 0 aliphatic rings. The second-order valence-corrected chi connectivity index (χ2v) is 6.26. The molecule has 1 amide bonds. The molecule has 0 unspecified atom stereocenters. The second-order valence-electron chi connectivity index (χ2n) is 4.49. The van der Waals surface area contributed by atoms with Crippen molar-refractivity contribution in [2.24, 2.45) is 0 Å². The summed E-state index contributed by atoms with van der Waals surface area (Å²) in [5.74, 6) is -3.16. The Balaban J connectivity index is 2.91. The van der Waals surface area contributed by atoms with Crippen LogP contribution in [0.2, 0.25) is 0 Å². The largest absolute Gasteiger partial charge is 0.478 e. The number of carboxylic acids is 1. The molecule has 116 valence electrons. The highest BCUT2D eigenvalue weighted by Gasteiger charge is 2.19. The maximum absolute atomic E-state index is 13.2. The van der Waals surface area contributed by atoms with E-state index in [1.54, 1.807) is 13.8 Å². The number of sulfonamides is 1. The molecule has 1 aromatic carbocycles. The Labute approximate surface area is 121 Å². The fourth-order valence-corrected chi connectivity index (χ4v) is 2.46. The normalized spacial score (nSPS) is 11.4. The number of benzene rings is 1. The number of carbonyl (C=O) groups excluding carboxylic acids is 1. The molecule has 0 radical (unpaired) electrons. The van der Waals surface area contributed by atoms with Crippen LogP contribution in [0.5, 0.6) is 0 Å². The first-order valence-electron chi connectivity index (χ1n) is 5.95. The van der Waals surface area contributed by atoms with Crippen molar-refractivity contribution in [2.75, 3.05) is 6.54 Å². The van der Waals surface area contributed by atoms with Gasteiger partial charge in [0.2, 0.25) is 15.9 Å². The number of hydrogen-bond acceptors (Lipinski definition) is 4. The molecule has 3 N–H and O–H groups in total. The maximum Gasteiger partial charge on any atom is 0.338 e. The number of halogens is 1. The van der Waals surface area contributed by atoms with Gasteiger partial charge in [0.25, 0.3) is 0 Å². The number of carbonyl (C=O) groups is 2. The fraction of sp³-hybridized carbons (Fsp3) is 0.333. The maximum atomic E-state index is 13.2. The highest BCUT2D eigenvalue weighted by molar-refractivity contribution is 7.89. The zero-order chi connectivity index (χ0) is 16.2. The molecule has 1 rings (SSSR count). The average molecular weight is 318 g/mol. The van der Waals surface area contributed by atoms with E-state index in [0.29, 0.717) is 6.07 Å². The number of aromatic carboxylic acids is 1. The number of hydrogen-bond donors (Lipinski definition) is 3. The third-order valence-corrected chi connectivity index (χ3v) is 3.75. The molecule has 0 aliphatic heterocycles. The molecule has 0 bridgehead atoms. The molecular formula is C12H15FN2O5S. The smallest absolute Gasteiger partial charge is 0.338 e. The van der Waals surface area contributed by atoms with Crippen molar-refractivity contribution in [1.82, 2.24) is 10.0 Å². The monoisotopic (exact) mass is 318 g/mol. The molecule has 0 fully saturated rings. The summed E-state index contributed by atoms with van der Waals surface area (Å²) >= 11 is 0. The lowest BCUT2D eigenvalue weighted by atomic mass is 10.2. The highest BCUT2D eigenvalue weighted by atomic mass is 32.2. The predicted octanol–water partition coefficient (Wildman–Crippen LogP) is 0.327. The van der Waals surface area contributed by atoms with Crippen molar-refractivity contribution in [3.63, 3.8) is 0 Å². The lowest BCUT2D eigenvalue weighted by Gasteiger charge is -2.10. The van der Waals surface area contributed by atoms with Gasteiger partial charge in [0.1, 0.15) is 5.82 Å². The Hall–Kier alpha value is -2.00. The van der Waals surface area contributed by atoms with Crippen LogP contribution in [0.1, 0.15) is 24.2 Å². The van der Waals surface area contributed by atoms with Crippen LogP contribution in [0.4, 0.5) is 4.39 Å². The van der Waals surface area contributed by atoms with E-state index >= 15 is 0 Å². The van der Waals surface area contributed by atoms with Crippen LogP contribution in [0.15, 0.2) is 23.1 Å². The van der Waals surface area contributed by atoms with Gasteiger partial charge in [-0.15, -0.1) is 0 Å². The van der Waals surface area contributed by atoms with E-state index in [-0.39, 0.29) is 6.04 Å². The van der Waals surface area contributed by atoms with Crippen molar-refractivity contribution in [3.8, 4) is 0 Å². The molecule has 1 aromatic rings. The molecule has 0 aromatic heterocycles. The van der Waals surface area contributed by atoms with E-state index in [4.69, 9.17) is 5.11 Å². The van der Waals surface area contributed by atoms with Crippen LogP contribution in [-0.4, -0.2) is 38.0 Å². The summed E-state index contributed by atoms with van der Waals surface area (Å²) < 4.78 is 39.0. The fourth-order valence-electron chi connectivity index (χ4n) is 1.45. The van der Waals surface area contributed by atoms with Crippen molar-refractivity contribution < 1.29 is 27.5 Å². The van der Waals surface area contributed by atoms with Crippen LogP contribution in [0, 0.1) is 5.82 Å². The third-order valence-electron chi connectivity index (χ3n) is 2.35. The van der Waals surface area contributed by atoms with E-state index in [0.717, 1.165) is 12.1 Å². The van der Waals surface area contributed by atoms with E-state index in [2.05, 4.69) is 5.32 Å². The standard InChI is InChI=1S/C12H15FN2O5S/c1-7(2)15-11(16)6-14-21(19,20)8-3-4-10(13)9(5-8)12(17)18/h3-5,7,14H,6H2,1-2H3,(H,15,16)(H,17,18). The van der Waals surface area contributed by atoms with Gasteiger partial charge in [-0.05, 0) is 32.0 Å². The van der Waals surface area contributed by atoms with Crippen LogP contribution in [-0.2, 0) is 14.8 Å². The van der Waals surface area contributed by atoms with Crippen LogP contribution in [0.25, 0.3) is 0 Å². The Morgan fingerprint density at radius 2 is 1.95 bits per heavy atom. The molecule has 0 saturated carbocycles. The summed E-state index contributed by atoms with van der Waals surface area (Å²) in [4.78, 5) is 21.7. The number of carboxylic acid groups (broad SMARTS) is 1. The summed E-state index contributed by atoms with van der Waals surface area (Å²) in [6.07, 6.45) is 0. The molecule has 21 heavy (non-hydrogen) atoms. The van der Waals surface area contributed by atoms with Crippen LogP contribution in [0.3, 0.4) is 0 Å². The first-order valence-corrected chi connectivity index (χ1v) is 7.43. The Morgan fingerprint density at radius 3 is 2.48 bits per heavy atom. The van der Waals surface area contributed by atoms with E-state index < -0.39 is 44.7 Å². The van der Waals surface area contributed by atoms with Crippen molar-refractivity contribution in [2.45, 2.75) is 24.8 Å². The Kier molecular flexibility index (Phi) is 5.39. The van der Waals surface area contributed by atoms with Gasteiger partial charge in [-0.3, -0.25) is 4.79 Å². The molecule has 0 spiro atoms.